The van der Waals surface area contributed by atoms with Gasteiger partial charge in [-0.2, -0.15) is 0 Å². The predicted octanol–water partition coefficient (Wildman–Crippen LogP) is 1.17. The van der Waals surface area contributed by atoms with Crippen LogP contribution in [0.2, 0.25) is 0 Å². The first-order valence-corrected chi connectivity index (χ1v) is 9.51. The van der Waals surface area contributed by atoms with Crippen LogP contribution in [0, 0.1) is 12.8 Å². The van der Waals surface area contributed by atoms with E-state index in [2.05, 4.69) is 10.6 Å². The SMILES string of the molecule is Cc1ccccc1C(=O)NCC(=O)NC1CC(N(CC(=O)O)CC2CC2)C1. The first kappa shape index (κ1) is 19.4. The highest BCUT2D eigenvalue weighted by molar-refractivity contribution is 5.97. The molecule has 3 rings (SSSR count). The highest BCUT2D eigenvalue weighted by Crippen LogP contribution is 2.33. The maximum absolute atomic E-state index is 12.1. The van der Waals surface area contributed by atoms with Gasteiger partial charge in [0.25, 0.3) is 5.91 Å². The third-order valence-electron chi connectivity index (χ3n) is 5.32. The number of nitrogens with one attached hydrogen (secondary N) is 2. The fraction of sp³-hybridized carbons (Fsp3) is 0.550. The fourth-order valence-corrected chi connectivity index (χ4v) is 3.51. The van der Waals surface area contributed by atoms with Crippen molar-refractivity contribution in [2.45, 2.75) is 44.7 Å². The molecular formula is C20H27N3O4. The first-order valence-electron chi connectivity index (χ1n) is 9.51. The number of carbonyl (C=O) groups excluding carboxylic acids is 2. The van der Waals surface area contributed by atoms with Crippen molar-refractivity contribution in [2.24, 2.45) is 5.92 Å². The van der Waals surface area contributed by atoms with Gasteiger partial charge in [0.15, 0.2) is 0 Å². The topological polar surface area (TPSA) is 98.7 Å². The summed E-state index contributed by atoms with van der Waals surface area (Å²) in [6, 6.07) is 7.51. The van der Waals surface area contributed by atoms with Gasteiger partial charge in [-0.1, -0.05) is 18.2 Å². The summed E-state index contributed by atoms with van der Waals surface area (Å²) in [5, 5.41) is 14.6. The van der Waals surface area contributed by atoms with Gasteiger partial charge in [0, 0.05) is 24.2 Å². The molecule has 0 aromatic heterocycles. The first-order chi connectivity index (χ1) is 12.9. The number of hydrogen-bond donors (Lipinski definition) is 3. The summed E-state index contributed by atoms with van der Waals surface area (Å²) in [5.41, 5.74) is 1.44. The molecule has 0 saturated heterocycles. The molecule has 1 aromatic rings. The molecule has 1 aromatic carbocycles. The van der Waals surface area contributed by atoms with Gasteiger partial charge < -0.3 is 15.7 Å². The Labute approximate surface area is 159 Å². The molecule has 2 aliphatic carbocycles. The van der Waals surface area contributed by atoms with Crippen molar-refractivity contribution in [1.82, 2.24) is 15.5 Å². The largest absolute Gasteiger partial charge is 0.480 e. The molecular weight excluding hydrogens is 346 g/mol. The predicted molar refractivity (Wildman–Crippen MR) is 100 cm³/mol. The molecule has 2 saturated carbocycles. The number of rotatable bonds is 9. The fourth-order valence-electron chi connectivity index (χ4n) is 3.51. The highest BCUT2D eigenvalue weighted by atomic mass is 16.4. The van der Waals surface area contributed by atoms with Crippen molar-refractivity contribution < 1.29 is 19.5 Å². The van der Waals surface area contributed by atoms with Gasteiger partial charge in [-0.05, 0) is 50.2 Å². The minimum atomic E-state index is -0.804. The van der Waals surface area contributed by atoms with E-state index < -0.39 is 5.97 Å². The van der Waals surface area contributed by atoms with Gasteiger partial charge >= 0.3 is 5.97 Å². The lowest BCUT2D eigenvalue weighted by Gasteiger charge is -2.42. The molecule has 0 heterocycles. The summed E-state index contributed by atoms with van der Waals surface area (Å²) in [4.78, 5) is 37.3. The van der Waals surface area contributed by atoms with Crippen LogP contribution in [0.5, 0.6) is 0 Å². The second-order valence-corrected chi connectivity index (χ2v) is 7.65. The summed E-state index contributed by atoms with van der Waals surface area (Å²) in [6.45, 7) is 2.70. The molecule has 2 fully saturated rings. The van der Waals surface area contributed by atoms with Gasteiger partial charge in [-0.15, -0.1) is 0 Å². The highest BCUT2D eigenvalue weighted by Gasteiger charge is 2.37. The van der Waals surface area contributed by atoms with Gasteiger partial charge in [0.1, 0.15) is 0 Å². The van der Waals surface area contributed by atoms with Crippen LogP contribution in [-0.2, 0) is 9.59 Å². The minimum Gasteiger partial charge on any atom is -0.480 e. The van der Waals surface area contributed by atoms with Crippen molar-refractivity contribution in [1.29, 1.82) is 0 Å². The maximum Gasteiger partial charge on any atom is 0.317 e. The van der Waals surface area contributed by atoms with Crippen LogP contribution in [0.4, 0.5) is 0 Å². The molecule has 27 heavy (non-hydrogen) atoms. The van der Waals surface area contributed by atoms with Crippen molar-refractivity contribution in [2.75, 3.05) is 19.6 Å². The van der Waals surface area contributed by atoms with Gasteiger partial charge in [0.05, 0.1) is 13.1 Å². The van der Waals surface area contributed by atoms with E-state index in [-0.39, 0.29) is 37.0 Å². The van der Waals surface area contributed by atoms with Crippen LogP contribution in [0.15, 0.2) is 24.3 Å². The number of carboxylic acids is 1. The zero-order valence-corrected chi connectivity index (χ0v) is 15.6. The van der Waals surface area contributed by atoms with Crippen LogP contribution in [0.1, 0.15) is 41.6 Å². The van der Waals surface area contributed by atoms with E-state index in [1.807, 2.05) is 24.0 Å². The smallest absolute Gasteiger partial charge is 0.317 e. The average Bonchev–Trinajstić information content (AvgIpc) is 3.39. The van der Waals surface area contributed by atoms with E-state index in [1.165, 1.54) is 12.8 Å². The van der Waals surface area contributed by atoms with E-state index in [1.54, 1.807) is 12.1 Å². The summed E-state index contributed by atoms with van der Waals surface area (Å²) in [5.74, 6) is -0.643. The minimum absolute atomic E-state index is 0.0494. The third-order valence-corrected chi connectivity index (χ3v) is 5.32. The van der Waals surface area contributed by atoms with Crippen LogP contribution in [0.3, 0.4) is 0 Å². The van der Waals surface area contributed by atoms with E-state index in [0.717, 1.165) is 24.9 Å². The second-order valence-electron chi connectivity index (χ2n) is 7.65. The van der Waals surface area contributed by atoms with Gasteiger partial charge in [-0.25, -0.2) is 0 Å². The molecule has 0 spiro atoms. The number of aryl methyl sites for hydroxylation is 1. The lowest BCUT2D eigenvalue weighted by atomic mass is 9.85. The summed E-state index contributed by atoms with van der Waals surface area (Å²) >= 11 is 0. The molecule has 0 radical (unpaired) electrons. The maximum atomic E-state index is 12.1. The number of hydrogen-bond acceptors (Lipinski definition) is 4. The van der Waals surface area contributed by atoms with Crippen LogP contribution >= 0.6 is 0 Å². The van der Waals surface area contributed by atoms with Crippen LogP contribution in [-0.4, -0.2) is 59.5 Å². The summed E-state index contributed by atoms with van der Waals surface area (Å²) in [7, 11) is 0. The monoisotopic (exact) mass is 373 g/mol. The summed E-state index contributed by atoms with van der Waals surface area (Å²) < 4.78 is 0. The number of amides is 2. The Morgan fingerprint density at radius 3 is 2.52 bits per heavy atom. The Balaban J connectivity index is 1.39. The molecule has 0 aliphatic heterocycles. The Morgan fingerprint density at radius 1 is 1.19 bits per heavy atom. The third kappa shape index (κ3) is 5.53. The Hall–Kier alpha value is -2.41. The van der Waals surface area contributed by atoms with Gasteiger partial charge in [-0.3, -0.25) is 19.3 Å². The van der Waals surface area contributed by atoms with Crippen LogP contribution < -0.4 is 10.6 Å². The quantitative estimate of drug-likeness (QED) is 0.604. The van der Waals surface area contributed by atoms with Crippen molar-refractivity contribution in [3.8, 4) is 0 Å². The molecule has 2 aliphatic rings. The van der Waals surface area contributed by atoms with E-state index >= 15 is 0 Å². The normalized spacial score (nSPS) is 21.4. The van der Waals surface area contributed by atoms with Crippen molar-refractivity contribution >= 4 is 17.8 Å². The molecule has 7 heteroatoms. The van der Waals surface area contributed by atoms with Crippen molar-refractivity contribution in [3.05, 3.63) is 35.4 Å². The second kappa shape index (κ2) is 8.52. The zero-order valence-electron chi connectivity index (χ0n) is 15.6. The molecule has 7 nitrogen and oxygen atoms in total. The average molecular weight is 373 g/mol. The van der Waals surface area contributed by atoms with E-state index in [4.69, 9.17) is 5.11 Å². The molecule has 0 atom stereocenters. The molecule has 2 amide bonds. The van der Waals surface area contributed by atoms with Crippen LogP contribution in [0.25, 0.3) is 0 Å². The lowest BCUT2D eigenvalue weighted by molar-refractivity contribution is -0.140. The zero-order chi connectivity index (χ0) is 19.4. The number of carbonyl (C=O) groups is 3. The number of carboxylic acid groups (broad SMARTS) is 1. The Bertz CT molecular complexity index is 711. The number of benzene rings is 1. The Morgan fingerprint density at radius 2 is 1.89 bits per heavy atom. The number of aliphatic carboxylic acids is 1. The Kier molecular flexibility index (Phi) is 6.11. The van der Waals surface area contributed by atoms with E-state index in [0.29, 0.717) is 11.5 Å². The standard InChI is InChI=1S/C20H27N3O4/c1-13-4-2-3-5-17(13)20(27)21-10-18(24)22-15-8-16(9-15)23(12-19(25)26)11-14-6-7-14/h2-5,14-16H,6-12H2,1H3,(H,21,27)(H,22,24)(H,25,26). The number of nitrogens with zero attached hydrogens (tertiary/aromatic N) is 1. The van der Waals surface area contributed by atoms with Gasteiger partial charge in [0.2, 0.25) is 5.91 Å². The summed E-state index contributed by atoms with van der Waals surface area (Å²) in [6.07, 6.45) is 3.89. The lowest BCUT2D eigenvalue weighted by Crippen LogP contribution is -2.56. The molecule has 146 valence electrons. The molecule has 0 unspecified atom stereocenters. The van der Waals surface area contributed by atoms with E-state index in [9.17, 15) is 14.4 Å². The van der Waals surface area contributed by atoms with Crippen molar-refractivity contribution in [3.63, 3.8) is 0 Å². The molecule has 3 N–H and O–H groups in total. The molecule has 0 bridgehead atoms.